The van der Waals surface area contributed by atoms with Gasteiger partial charge in [0.05, 0.1) is 17.8 Å². The molecule has 0 fully saturated rings. The van der Waals surface area contributed by atoms with E-state index < -0.39 is 0 Å². The summed E-state index contributed by atoms with van der Waals surface area (Å²) < 4.78 is 3.69. The molecule has 0 atom stereocenters. The fraction of sp³-hybridized carbons (Fsp3) is 0.158. The maximum Gasteiger partial charge on any atom is 0.177 e. The number of hydrogen-bond donors (Lipinski definition) is 3. The van der Waals surface area contributed by atoms with Crippen LogP contribution in [-0.2, 0) is 6.54 Å². The zero-order chi connectivity index (χ0) is 19.0. The summed E-state index contributed by atoms with van der Waals surface area (Å²) in [4.78, 5) is 0. The van der Waals surface area contributed by atoms with Crippen molar-refractivity contribution < 1.29 is 0 Å². The molecular weight excluding hydrogens is 424 g/mol. The Bertz CT molecular complexity index is 1050. The Morgan fingerprint density at radius 2 is 1.78 bits per heavy atom. The molecule has 0 bridgehead atoms. The van der Waals surface area contributed by atoms with Crippen LogP contribution >= 0.6 is 28.1 Å². The fourth-order valence-electron chi connectivity index (χ4n) is 3.20. The molecule has 8 heteroatoms. The van der Waals surface area contributed by atoms with Gasteiger partial charge in [-0.3, -0.25) is 10.1 Å². The van der Waals surface area contributed by atoms with Crippen LogP contribution in [0, 0.1) is 18.5 Å². The Balaban J connectivity index is 1.66. The van der Waals surface area contributed by atoms with Gasteiger partial charge in [0, 0.05) is 10.7 Å². The van der Waals surface area contributed by atoms with E-state index in [2.05, 4.69) is 81.4 Å². The van der Waals surface area contributed by atoms with Gasteiger partial charge >= 0.3 is 0 Å². The van der Waals surface area contributed by atoms with E-state index in [1.807, 2.05) is 28.0 Å². The number of para-hydroxylation sites is 1. The first-order chi connectivity index (χ1) is 13.0. The third kappa shape index (κ3) is 3.43. The number of benzene rings is 2. The normalized spacial score (nSPS) is 13.6. The zero-order valence-corrected chi connectivity index (χ0v) is 17.4. The maximum absolute atomic E-state index is 5.76. The number of nitrogens with one attached hydrogen (secondary N) is 3. The summed E-state index contributed by atoms with van der Waals surface area (Å²) in [6.45, 7) is 4.82. The van der Waals surface area contributed by atoms with Crippen LogP contribution in [0.4, 0.5) is 0 Å². The van der Waals surface area contributed by atoms with Gasteiger partial charge in [-0.15, -0.1) is 10.6 Å². The molecule has 3 aromatic rings. The molecule has 138 valence electrons. The second kappa shape index (κ2) is 7.30. The molecule has 1 aliphatic rings. The molecule has 0 spiro atoms. The van der Waals surface area contributed by atoms with Crippen molar-refractivity contribution in [1.29, 1.82) is 0 Å². The summed E-state index contributed by atoms with van der Waals surface area (Å²) in [5.41, 5.74) is 11.3. The lowest BCUT2D eigenvalue weighted by atomic mass is 10.1. The topological polar surface area (TPSA) is 60.4 Å². The number of halogens is 1. The van der Waals surface area contributed by atoms with Crippen LogP contribution < -0.4 is 11.1 Å². The Labute approximate surface area is 170 Å². The maximum atomic E-state index is 5.76. The van der Waals surface area contributed by atoms with Crippen molar-refractivity contribution in [3.8, 4) is 5.69 Å². The Hall–Kier alpha value is -2.42. The summed E-state index contributed by atoms with van der Waals surface area (Å²) in [6.07, 6.45) is 1.90. The highest BCUT2D eigenvalue weighted by molar-refractivity contribution is 9.10. The molecule has 0 aliphatic carbocycles. The lowest BCUT2D eigenvalue weighted by Gasteiger charge is -2.18. The first-order valence-corrected chi connectivity index (χ1v) is 9.72. The molecule has 0 unspecified atom stereocenters. The first kappa shape index (κ1) is 18.0. The molecule has 0 saturated heterocycles. The summed E-state index contributed by atoms with van der Waals surface area (Å²) in [7, 11) is 0. The van der Waals surface area contributed by atoms with Crippen LogP contribution in [0.5, 0.6) is 0 Å². The predicted octanol–water partition coefficient (Wildman–Crippen LogP) is 4.10. The summed E-state index contributed by atoms with van der Waals surface area (Å²) in [6, 6.07) is 14.4. The van der Waals surface area contributed by atoms with E-state index in [0.29, 0.717) is 11.2 Å². The number of hydrogen-bond acceptors (Lipinski definition) is 5. The van der Waals surface area contributed by atoms with Crippen LogP contribution in [0.1, 0.15) is 22.3 Å². The van der Waals surface area contributed by atoms with Crippen LogP contribution in [0.25, 0.3) is 5.69 Å². The van der Waals surface area contributed by atoms with E-state index in [1.165, 1.54) is 0 Å². The van der Waals surface area contributed by atoms with Gasteiger partial charge in [-0.05, 0) is 42.7 Å². The van der Waals surface area contributed by atoms with Gasteiger partial charge in [-0.25, -0.2) is 10.2 Å². The third-order valence-electron chi connectivity index (χ3n) is 4.53. The van der Waals surface area contributed by atoms with Crippen molar-refractivity contribution in [3.63, 3.8) is 0 Å². The summed E-state index contributed by atoms with van der Waals surface area (Å²) in [5.74, 6) is 0.754. The van der Waals surface area contributed by atoms with Crippen molar-refractivity contribution in [2.75, 3.05) is 0 Å². The molecule has 0 amide bonds. The second-order valence-corrected chi connectivity index (χ2v) is 7.74. The van der Waals surface area contributed by atoms with E-state index in [-0.39, 0.29) is 0 Å². The lowest BCUT2D eigenvalue weighted by molar-refractivity contribution is 0.288. The SMILES string of the molecule is Cc1cccc(C)c1-n1[nH]cc(C2=NNNN2Cc2ccc(Br)cc2)c1=S. The average Bonchev–Trinajstić information content (AvgIpc) is 3.24. The van der Waals surface area contributed by atoms with E-state index in [1.54, 1.807) is 0 Å². The highest BCUT2D eigenvalue weighted by Gasteiger charge is 2.22. The second-order valence-electron chi connectivity index (χ2n) is 6.44. The summed E-state index contributed by atoms with van der Waals surface area (Å²) in [5, 5.41) is 9.61. The van der Waals surface area contributed by atoms with Crippen LogP contribution in [0.3, 0.4) is 0 Å². The third-order valence-corrected chi connectivity index (χ3v) is 5.46. The molecule has 4 rings (SSSR count). The van der Waals surface area contributed by atoms with E-state index in [9.17, 15) is 0 Å². The molecule has 27 heavy (non-hydrogen) atoms. The highest BCUT2D eigenvalue weighted by atomic mass is 79.9. The number of amidine groups is 1. The Morgan fingerprint density at radius 3 is 2.48 bits per heavy atom. The van der Waals surface area contributed by atoms with E-state index in [0.717, 1.165) is 38.2 Å². The molecule has 6 nitrogen and oxygen atoms in total. The lowest BCUT2D eigenvalue weighted by Crippen LogP contribution is -2.40. The quantitative estimate of drug-likeness (QED) is 0.532. The molecule has 1 aromatic heterocycles. The number of rotatable bonds is 4. The van der Waals surface area contributed by atoms with Crippen molar-refractivity contribution in [2.24, 2.45) is 5.10 Å². The predicted molar refractivity (Wildman–Crippen MR) is 113 cm³/mol. The first-order valence-electron chi connectivity index (χ1n) is 8.52. The number of aryl methyl sites for hydroxylation is 2. The molecule has 3 N–H and O–H groups in total. The van der Waals surface area contributed by atoms with Gasteiger partial charge in [0.2, 0.25) is 0 Å². The molecule has 1 aliphatic heterocycles. The Kier molecular flexibility index (Phi) is 4.86. The molecule has 2 aromatic carbocycles. The van der Waals surface area contributed by atoms with Gasteiger partial charge < -0.3 is 0 Å². The number of aromatic amines is 1. The number of hydrazone groups is 1. The molecular formula is C19H19BrN6S. The van der Waals surface area contributed by atoms with Crippen LogP contribution in [0.15, 0.2) is 58.2 Å². The van der Waals surface area contributed by atoms with Gasteiger partial charge in [0.25, 0.3) is 0 Å². The standard InChI is InChI=1S/C19H19BrN6S/c1-12-4-3-5-13(2)17(12)26-19(27)16(10-21-26)18-22-23-24-25(18)11-14-6-8-15(20)9-7-14/h3-10,21,23-24H,11H2,1-2H3. The van der Waals surface area contributed by atoms with Crippen molar-refractivity contribution in [1.82, 2.24) is 25.9 Å². The van der Waals surface area contributed by atoms with Crippen LogP contribution in [0.2, 0.25) is 0 Å². The minimum Gasteiger partial charge on any atom is -0.299 e. The van der Waals surface area contributed by atoms with Gasteiger partial charge in [0.1, 0.15) is 4.64 Å². The average molecular weight is 443 g/mol. The van der Waals surface area contributed by atoms with Gasteiger partial charge in [0.15, 0.2) is 5.84 Å². The number of hydrazine groups is 2. The zero-order valence-electron chi connectivity index (χ0n) is 15.0. The summed E-state index contributed by atoms with van der Waals surface area (Å²) >= 11 is 9.23. The number of H-pyrrole nitrogens is 1. The number of aromatic nitrogens is 2. The van der Waals surface area contributed by atoms with E-state index >= 15 is 0 Å². The molecule has 0 saturated carbocycles. The molecule has 2 heterocycles. The largest absolute Gasteiger partial charge is 0.299 e. The van der Waals surface area contributed by atoms with Crippen LogP contribution in [-0.4, -0.2) is 20.6 Å². The minimum atomic E-state index is 0.655. The monoisotopic (exact) mass is 442 g/mol. The van der Waals surface area contributed by atoms with Gasteiger partial charge in [-0.2, -0.15) is 0 Å². The van der Waals surface area contributed by atoms with Crippen molar-refractivity contribution in [3.05, 3.63) is 80.0 Å². The van der Waals surface area contributed by atoms with Gasteiger partial charge in [-0.1, -0.05) is 58.5 Å². The smallest absolute Gasteiger partial charge is 0.177 e. The van der Waals surface area contributed by atoms with E-state index in [4.69, 9.17) is 12.2 Å². The highest BCUT2D eigenvalue weighted by Crippen LogP contribution is 2.21. The molecule has 0 radical (unpaired) electrons. The number of nitrogens with zero attached hydrogens (tertiary/aromatic N) is 3. The Morgan fingerprint density at radius 1 is 1.07 bits per heavy atom. The van der Waals surface area contributed by atoms with Crippen molar-refractivity contribution >= 4 is 34.0 Å². The van der Waals surface area contributed by atoms with Crippen molar-refractivity contribution in [2.45, 2.75) is 20.4 Å². The minimum absolute atomic E-state index is 0.655. The fourth-order valence-corrected chi connectivity index (χ4v) is 3.76.